The van der Waals surface area contributed by atoms with E-state index in [0.717, 1.165) is 16.0 Å². The average molecular weight is 393 g/mol. The summed E-state index contributed by atoms with van der Waals surface area (Å²) in [5.41, 5.74) is 2.90. The maximum atomic E-state index is 13.1. The number of nitrogens with one attached hydrogen (secondary N) is 2. The van der Waals surface area contributed by atoms with E-state index in [1.165, 1.54) is 5.56 Å². The molecule has 2 unspecified atom stereocenters. The fraction of sp³-hybridized carbons (Fsp3) is 0.348. The molecule has 29 heavy (non-hydrogen) atoms. The van der Waals surface area contributed by atoms with E-state index in [9.17, 15) is 14.4 Å². The molecule has 6 heteroatoms. The average Bonchev–Trinajstić information content (AvgIpc) is 2.95. The van der Waals surface area contributed by atoms with E-state index in [0.29, 0.717) is 12.0 Å². The Morgan fingerprint density at radius 3 is 2.41 bits per heavy atom. The minimum Gasteiger partial charge on any atom is -0.348 e. The van der Waals surface area contributed by atoms with Gasteiger partial charge in [-0.2, -0.15) is 0 Å². The molecule has 1 aliphatic rings. The second kappa shape index (κ2) is 8.07. The van der Waals surface area contributed by atoms with Crippen molar-refractivity contribution in [3.63, 3.8) is 0 Å². The summed E-state index contributed by atoms with van der Waals surface area (Å²) in [7, 11) is 0. The largest absolute Gasteiger partial charge is 0.348 e. The standard InChI is InChI=1S/C23H27N3O3/c1-5-23(19-9-7-6-8-10-19)21(28)26(22(29)25-23)14-20(27)24-17(4)18-12-11-15(2)16(3)13-18/h6-13,17H,5,14H2,1-4H3,(H,24,27)(H,25,29). The summed E-state index contributed by atoms with van der Waals surface area (Å²) in [6.45, 7) is 7.47. The number of nitrogens with zero attached hydrogens (tertiary/aromatic N) is 1. The topological polar surface area (TPSA) is 78.5 Å². The summed E-state index contributed by atoms with van der Waals surface area (Å²) >= 11 is 0. The molecule has 0 spiro atoms. The van der Waals surface area contributed by atoms with Crippen LogP contribution in [0.15, 0.2) is 48.5 Å². The molecular formula is C23H27N3O3. The van der Waals surface area contributed by atoms with E-state index in [-0.39, 0.29) is 18.5 Å². The number of rotatable bonds is 6. The smallest absolute Gasteiger partial charge is 0.325 e. The van der Waals surface area contributed by atoms with Crippen LogP contribution in [0.25, 0.3) is 0 Å². The van der Waals surface area contributed by atoms with Crippen LogP contribution in [-0.4, -0.2) is 29.3 Å². The molecule has 0 bridgehead atoms. The fourth-order valence-corrected chi connectivity index (χ4v) is 3.68. The van der Waals surface area contributed by atoms with Crippen molar-refractivity contribution in [2.24, 2.45) is 0 Å². The van der Waals surface area contributed by atoms with Gasteiger partial charge in [0.2, 0.25) is 5.91 Å². The monoisotopic (exact) mass is 393 g/mol. The van der Waals surface area contributed by atoms with Crippen LogP contribution in [0.4, 0.5) is 4.79 Å². The first-order chi connectivity index (χ1) is 13.8. The van der Waals surface area contributed by atoms with Crippen molar-refractivity contribution in [1.82, 2.24) is 15.5 Å². The van der Waals surface area contributed by atoms with Gasteiger partial charge in [0.25, 0.3) is 5.91 Å². The number of carbonyl (C=O) groups excluding carboxylic acids is 3. The molecule has 1 saturated heterocycles. The van der Waals surface area contributed by atoms with Crippen LogP contribution in [0.1, 0.15) is 48.6 Å². The number of aryl methyl sites for hydroxylation is 2. The molecule has 1 fully saturated rings. The van der Waals surface area contributed by atoms with Crippen LogP contribution in [-0.2, 0) is 15.1 Å². The summed E-state index contributed by atoms with van der Waals surface area (Å²) in [5, 5.41) is 5.68. The van der Waals surface area contributed by atoms with Crippen molar-refractivity contribution in [2.75, 3.05) is 6.54 Å². The maximum absolute atomic E-state index is 13.1. The van der Waals surface area contributed by atoms with Gasteiger partial charge in [0.05, 0.1) is 6.04 Å². The third kappa shape index (κ3) is 3.88. The van der Waals surface area contributed by atoms with Crippen molar-refractivity contribution in [1.29, 1.82) is 0 Å². The van der Waals surface area contributed by atoms with E-state index in [1.807, 2.05) is 76.2 Å². The predicted octanol–water partition coefficient (Wildman–Crippen LogP) is 3.34. The molecule has 3 rings (SSSR count). The van der Waals surface area contributed by atoms with Gasteiger partial charge in [0.1, 0.15) is 12.1 Å². The van der Waals surface area contributed by atoms with Gasteiger partial charge in [0, 0.05) is 0 Å². The fourth-order valence-electron chi connectivity index (χ4n) is 3.68. The summed E-state index contributed by atoms with van der Waals surface area (Å²) in [6.07, 6.45) is 0.402. The quantitative estimate of drug-likeness (QED) is 0.739. The van der Waals surface area contributed by atoms with E-state index in [1.54, 1.807) is 0 Å². The lowest BCUT2D eigenvalue weighted by molar-refractivity contribution is -0.135. The van der Waals surface area contributed by atoms with Gasteiger partial charge in [-0.1, -0.05) is 55.5 Å². The van der Waals surface area contributed by atoms with Gasteiger partial charge >= 0.3 is 6.03 Å². The molecule has 1 heterocycles. The van der Waals surface area contributed by atoms with Crippen LogP contribution in [0.3, 0.4) is 0 Å². The first-order valence-corrected chi connectivity index (χ1v) is 9.84. The van der Waals surface area contributed by atoms with Gasteiger partial charge in [-0.05, 0) is 49.4 Å². The Labute approximate surface area is 171 Å². The van der Waals surface area contributed by atoms with E-state index in [4.69, 9.17) is 0 Å². The zero-order valence-electron chi connectivity index (χ0n) is 17.3. The normalized spacial score (nSPS) is 19.8. The lowest BCUT2D eigenvalue weighted by Gasteiger charge is -2.25. The van der Waals surface area contributed by atoms with Crippen LogP contribution in [0, 0.1) is 13.8 Å². The molecule has 1 aliphatic heterocycles. The Morgan fingerprint density at radius 1 is 1.10 bits per heavy atom. The highest BCUT2D eigenvalue weighted by molar-refractivity contribution is 6.09. The van der Waals surface area contributed by atoms with Crippen molar-refractivity contribution in [2.45, 2.75) is 45.7 Å². The van der Waals surface area contributed by atoms with E-state index < -0.39 is 17.5 Å². The summed E-state index contributed by atoms with van der Waals surface area (Å²) in [6, 6.07) is 14.4. The number of carbonyl (C=O) groups is 3. The summed E-state index contributed by atoms with van der Waals surface area (Å²) < 4.78 is 0. The van der Waals surface area contributed by atoms with E-state index in [2.05, 4.69) is 10.6 Å². The van der Waals surface area contributed by atoms with Gasteiger partial charge < -0.3 is 10.6 Å². The Kier molecular flexibility index (Phi) is 5.73. The highest BCUT2D eigenvalue weighted by atomic mass is 16.2. The molecule has 6 nitrogen and oxygen atoms in total. The molecule has 2 aromatic rings. The number of amides is 4. The molecule has 2 N–H and O–H groups in total. The number of hydrogen-bond acceptors (Lipinski definition) is 3. The second-order valence-electron chi connectivity index (χ2n) is 7.58. The Hall–Kier alpha value is -3.15. The minimum atomic E-state index is -1.13. The summed E-state index contributed by atoms with van der Waals surface area (Å²) in [4.78, 5) is 39.2. The zero-order chi connectivity index (χ0) is 21.2. The van der Waals surface area contributed by atoms with Crippen LogP contribution in [0.5, 0.6) is 0 Å². The van der Waals surface area contributed by atoms with Crippen LogP contribution < -0.4 is 10.6 Å². The summed E-state index contributed by atoms with van der Waals surface area (Å²) in [5.74, 6) is -0.774. The number of urea groups is 1. The lowest BCUT2D eigenvalue weighted by atomic mass is 9.87. The number of hydrogen-bond donors (Lipinski definition) is 2. The molecule has 0 saturated carbocycles. The van der Waals surface area contributed by atoms with E-state index >= 15 is 0 Å². The molecule has 0 aliphatic carbocycles. The first-order valence-electron chi connectivity index (χ1n) is 9.84. The maximum Gasteiger partial charge on any atom is 0.325 e. The number of benzene rings is 2. The number of imide groups is 1. The molecule has 0 aromatic heterocycles. The Bertz CT molecular complexity index is 942. The highest BCUT2D eigenvalue weighted by Crippen LogP contribution is 2.32. The third-order valence-electron chi connectivity index (χ3n) is 5.68. The molecule has 2 atom stereocenters. The van der Waals surface area contributed by atoms with Crippen molar-refractivity contribution in [3.8, 4) is 0 Å². The zero-order valence-corrected chi connectivity index (χ0v) is 17.3. The van der Waals surface area contributed by atoms with Crippen molar-refractivity contribution >= 4 is 17.8 Å². The second-order valence-corrected chi connectivity index (χ2v) is 7.58. The third-order valence-corrected chi connectivity index (χ3v) is 5.68. The predicted molar refractivity (Wildman–Crippen MR) is 111 cm³/mol. The van der Waals surface area contributed by atoms with Crippen molar-refractivity contribution < 1.29 is 14.4 Å². The van der Waals surface area contributed by atoms with Gasteiger partial charge in [0.15, 0.2) is 0 Å². The van der Waals surface area contributed by atoms with Gasteiger partial charge in [-0.3, -0.25) is 14.5 Å². The molecular weight excluding hydrogens is 366 g/mol. The molecule has 0 radical (unpaired) electrons. The first kappa shape index (κ1) is 20.6. The molecule has 4 amide bonds. The van der Waals surface area contributed by atoms with Crippen LogP contribution in [0.2, 0.25) is 0 Å². The lowest BCUT2D eigenvalue weighted by Crippen LogP contribution is -2.45. The Balaban J connectivity index is 1.72. The molecule has 2 aromatic carbocycles. The highest BCUT2D eigenvalue weighted by Gasteiger charge is 2.51. The Morgan fingerprint density at radius 2 is 1.79 bits per heavy atom. The van der Waals surface area contributed by atoms with Gasteiger partial charge in [-0.15, -0.1) is 0 Å². The SMILES string of the molecule is CCC1(c2ccccc2)NC(=O)N(CC(=O)NC(C)c2ccc(C)c(C)c2)C1=O. The minimum absolute atomic E-state index is 0.229. The van der Waals surface area contributed by atoms with Gasteiger partial charge in [-0.25, -0.2) is 4.79 Å². The molecule has 152 valence electrons. The van der Waals surface area contributed by atoms with Crippen molar-refractivity contribution in [3.05, 3.63) is 70.8 Å². The van der Waals surface area contributed by atoms with Crippen LogP contribution >= 0.6 is 0 Å².